The van der Waals surface area contributed by atoms with E-state index in [4.69, 9.17) is 23.2 Å². The zero-order chi connectivity index (χ0) is 20.6. The monoisotopic (exact) mass is 443 g/mol. The molecular formula is C16H18Cl2F3N3O2S. The van der Waals surface area contributed by atoms with Crippen LogP contribution in [-0.4, -0.2) is 24.7 Å². The van der Waals surface area contributed by atoms with Gasteiger partial charge in [0.05, 0.1) is 15.6 Å². The molecule has 0 aliphatic rings. The Balaban J connectivity index is 2.04. The normalized spacial score (nSPS) is 12.6. The van der Waals surface area contributed by atoms with Crippen LogP contribution in [-0.2, 0) is 22.7 Å². The summed E-state index contributed by atoms with van der Waals surface area (Å²) in [6.45, 7) is 4.87. The van der Waals surface area contributed by atoms with Crippen LogP contribution in [0.25, 0.3) is 0 Å². The van der Waals surface area contributed by atoms with Crippen molar-refractivity contribution >= 4 is 33.2 Å². The summed E-state index contributed by atoms with van der Waals surface area (Å²) < 4.78 is 66.9. The highest BCUT2D eigenvalue weighted by Crippen LogP contribution is 2.35. The zero-order valence-corrected chi connectivity index (χ0v) is 17.1. The van der Waals surface area contributed by atoms with Crippen LogP contribution in [0.2, 0.25) is 10.0 Å². The van der Waals surface area contributed by atoms with Crippen molar-refractivity contribution in [3.05, 3.63) is 44.7 Å². The summed E-state index contributed by atoms with van der Waals surface area (Å²) in [4.78, 5) is 0.113. The minimum atomic E-state index is -4.64. The molecule has 2 rings (SSSR count). The lowest BCUT2D eigenvalue weighted by atomic mass is 10.2. The summed E-state index contributed by atoms with van der Waals surface area (Å²) >= 11 is 11.7. The molecule has 0 saturated carbocycles. The second-order valence-corrected chi connectivity index (χ2v) is 8.61. The number of rotatable bonds is 6. The number of alkyl halides is 3. The predicted molar refractivity (Wildman–Crippen MR) is 97.7 cm³/mol. The molecule has 150 valence electrons. The maximum Gasteiger partial charge on any atom is 0.436 e. The zero-order valence-electron chi connectivity index (χ0n) is 14.8. The third kappa shape index (κ3) is 4.96. The van der Waals surface area contributed by atoms with Crippen molar-refractivity contribution in [1.82, 2.24) is 14.5 Å². The standard InChI is InChI=1S/C16H18Cl2F3N3O2S/c1-9-8-13(10(2)7-12(9)17)27(25,26)22-5-4-6-24-11(3)14(18)15(23-24)16(19,20)21/h7-8,22H,4-6H2,1-3H3. The smallest absolute Gasteiger partial charge is 0.268 e. The molecular weight excluding hydrogens is 426 g/mol. The van der Waals surface area contributed by atoms with Gasteiger partial charge in [-0.1, -0.05) is 23.2 Å². The number of aryl methyl sites for hydroxylation is 3. The Morgan fingerprint density at radius 2 is 1.78 bits per heavy atom. The van der Waals surface area contributed by atoms with Crippen LogP contribution in [0.4, 0.5) is 13.2 Å². The van der Waals surface area contributed by atoms with E-state index < -0.39 is 26.9 Å². The van der Waals surface area contributed by atoms with E-state index in [-0.39, 0.29) is 30.1 Å². The van der Waals surface area contributed by atoms with Crippen molar-refractivity contribution in [2.75, 3.05) is 6.54 Å². The number of nitrogens with zero attached hydrogens (tertiary/aromatic N) is 2. The lowest BCUT2D eigenvalue weighted by Crippen LogP contribution is -2.26. The highest BCUT2D eigenvalue weighted by atomic mass is 35.5. The van der Waals surface area contributed by atoms with Crippen molar-refractivity contribution in [1.29, 1.82) is 0 Å². The number of benzene rings is 1. The molecule has 0 bridgehead atoms. The largest absolute Gasteiger partial charge is 0.436 e. The first kappa shape index (κ1) is 22.0. The summed E-state index contributed by atoms with van der Waals surface area (Å²) in [5.41, 5.74) is 0.164. The average Bonchev–Trinajstić information content (AvgIpc) is 2.83. The van der Waals surface area contributed by atoms with Gasteiger partial charge in [0.1, 0.15) is 0 Å². The van der Waals surface area contributed by atoms with E-state index in [9.17, 15) is 21.6 Å². The molecule has 2 aromatic rings. The summed E-state index contributed by atoms with van der Waals surface area (Å²) in [6, 6.07) is 3.05. The molecule has 0 saturated heterocycles. The highest BCUT2D eigenvalue weighted by molar-refractivity contribution is 7.89. The Morgan fingerprint density at radius 3 is 2.33 bits per heavy atom. The van der Waals surface area contributed by atoms with Gasteiger partial charge in [-0.3, -0.25) is 4.68 Å². The summed E-state index contributed by atoms with van der Waals surface area (Å²) in [7, 11) is -3.77. The Morgan fingerprint density at radius 1 is 1.15 bits per heavy atom. The number of sulfonamides is 1. The number of hydrogen-bond acceptors (Lipinski definition) is 3. The van der Waals surface area contributed by atoms with Crippen molar-refractivity contribution in [3.63, 3.8) is 0 Å². The fraction of sp³-hybridized carbons (Fsp3) is 0.438. The highest BCUT2D eigenvalue weighted by Gasteiger charge is 2.38. The SMILES string of the molecule is Cc1cc(S(=O)(=O)NCCCn2nc(C(F)(F)F)c(Cl)c2C)c(C)cc1Cl. The average molecular weight is 444 g/mol. The predicted octanol–water partition coefficient (Wildman–Crippen LogP) is 4.50. The Bertz CT molecular complexity index is 957. The van der Waals surface area contributed by atoms with Crippen LogP contribution < -0.4 is 4.72 Å². The van der Waals surface area contributed by atoms with Gasteiger partial charge in [-0.15, -0.1) is 0 Å². The summed E-state index contributed by atoms with van der Waals surface area (Å²) in [5, 5.41) is 3.50. The first-order chi connectivity index (χ1) is 12.3. The molecule has 1 aromatic carbocycles. The quantitative estimate of drug-likeness (QED) is 0.668. The van der Waals surface area contributed by atoms with E-state index in [2.05, 4.69) is 9.82 Å². The Hall–Kier alpha value is -1.29. The maximum atomic E-state index is 12.8. The van der Waals surface area contributed by atoms with E-state index in [1.54, 1.807) is 19.9 Å². The van der Waals surface area contributed by atoms with Crippen molar-refractivity contribution in [2.45, 2.75) is 44.8 Å². The van der Waals surface area contributed by atoms with Gasteiger partial charge in [-0.2, -0.15) is 18.3 Å². The first-order valence-corrected chi connectivity index (χ1v) is 10.1. The number of nitrogens with one attached hydrogen (secondary N) is 1. The first-order valence-electron chi connectivity index (χ1n) is 7.91. The molecule has 0 amide bonds. The van der Waals surface area contributed by atoms with Crippen molar-refractivity contribution < 1.29 is 21.6 Å². The molecule has 0 aliphatic carbocycles. The molecule has 0 aliphatic heterocycles. The van der Waals surface area contributed by atoms with Crippen LogP contribution in [0.1, 0.15) is 28.9 Å². The number of halogens is 5. The molecule has 0 spiro atoms. The minimum Gasteiger partial charge on any atom is -0.268 e. The van der Waals surface area contributed by atoms with Crippen molar-refractivity contribution in [2.24, 2.45) is 0 Å². The van der Waals surface area contributed by atoms with Crippen LogP contribution in [0, 0.1) is 20.8 Å². The fourth-order valence-corrected chi connectivity index (χ4v) is 4.32. The van der Waals surface area contributed by atoms with Crippen LogP contribution >= 0.6 is 23.2 Å². The van der Waals surface area contributed by atoms with Crippen molar-refractivity contribution in [3.8, 4) is 0 Å². The molecule has 11 heteroatoms. The summed E-state index contributed by atoms with van der Waals surface area (Å²) in [6.07, 6.45) is -4.40. The van der Waals surface area contributed by atoms with Gasteiger partial charge in [0.25, 0.3) is 0 Å². The van der Waals surface area contributed by atoms with E-state index in [0.29, 0.717) is 16.1 Å². The molecule has 0 fully saturated rings. The minimum absolute atomic E-state index is 0.0295. The van der Waals surface area contributed by atoms with Gasteiger partial charge in [0, 0.05) is 18.1 Å². The van der Waals surface area contributed by atoms with Gasteiger partial charge >= 0.3 is 6.18 Å². The third-order valence-corrected chi connectivity index (χ3v) is 6.45. The van der Waals surface area contributed by atoms with Gasteiger partial charge < -0.3 is 0 Å². The molecule has 0 unspecified atom stereocenters. The topological polar surface area (TPSA) is 64.0 Å². The lowest BCUT2D eigenvalue weighted by molar-refractivity contribution is -0.141. The molecule has 0 atom stereocenters. The van der Waals surface area contributed by atoms with Gasteiger partial charge in [0.15, 0.2) is 5.69 Å². The van der Waals surface area contributed by atoms with Gasteiger partial charge in [-0.25, -0.2) is 13.1 Å². The molecule has 27 heavy (non-hydrogen) atoms. The molecule has 0 radical (unpaired) electrons. The fourth-order valence-electron chi connectivity index (χ4n) is 2.48. The molecule has 1 N–H and O–H groups in total. The number of hydrogen-bond donors (Lipinski definition) is 1. The second kappa shape index (κ2) is 7.98. The van der Waals surface area contributed by atoms with E-state index >= 15 is 0 Å². The van der Waals surface area contributed by atoms with Gasteiger partial charge in [0.2, 0.25) is 10.0 Å². The van der Waals surface area contributed by atoms with E-state index in [1.807, 2.05) is 0 Å². The van der Waals surface area contributed by atoms with Crippen LogP contribution in [0.15, 0.2) is 17.0 Å². The van der Waals surface area contributed by atoms with E-state index in [1.165, 1.54) is 13.0 Å². The number of aromatic nitrogens is 2. The Labute approximate surface area is 165 Å². The van der Waals surface area contributed by atoms with Gasteiger partial charge in [-0.05, 0) is 50.5 Å². The third-order valence-electron chi connectivity index (χ3n) is 3.99. The second-order valence-electron chi connectivity index (χ2n) is 6.09. The van der Waals surface area contributed by atoms with Crippen LogP contribution in [0.5, 0.6) is 0 Å². The maximum absolute atomic E-state index is 12.8. The summed E-state index contributed by atoms with van der Waals surface area (Å²) in [5.74, 6) is 0. The lowest BCUT2D eigenvalue weighted by Gasteiger charge is -2.11. The molecule has 1 aromatic heterocycles. The molecule has 1 heterocycles. The van der Waals surface area contributed by atoms with Crippen LogP contribution in [0.3, 0.4) is 0 Å². The molecule has 5 nitrogen and oxygen atoms in total. The Kier molecular flexibility index (Phi) is 6.51. The van der Waals surface area contributed by atoms with E-state index in [0.717, 1.165) is 4.68 Å².